The molecular weight excluding hydrogens is 284 g/mol. The van der Waals surface area contributed by atoms with Crippen molar-refractivity contribution in [3.05, 3.63) is 32.6 Å². The van der Waals surface area contributed by atoms with Crippen LogP contribution >= 0.6 is 0 Å². The number of aliphatic hydroxyl groups excluding tert-OH is 1. The SMILES string of the molecule is Cc1cn([C@H]2C[C@H](O)[C@@H](CN(O)C(N)=O)O2)c(=O)[nH]c1=O. The Labute approximate surface area is 118 Å². The van der Waals surface area contributed by atoms with E-state index in [4.69, 9.17) is 10.5 Å². The van der Waals surface area contributed by atoms with Gasteiger partial charge in [0, 0.05) is 18.2 Å². The summed E-state index contributed by atoms with van der Waals surface area (Å²) in [5, 5.41) is 19.3. The fourth-order valence-electron chi connectivity index (χ4n) is 2.11. The monoisotopic (exact) mass is 300 g/mol. The zero-order valence-electron chi connectivity index (χ0n) is 11.2. The third-order valence-electron chi connectivity index (χ3n) is 3.27. The molecule has 0 unspecified atom stereocenters. The van der Waals surface area contributed by atoms with E-state index >= 15 is 0 Å². The Bertz CT molecular complexity index is 653. The van der Waals surface area contributed by atoms with Crippen LogP contribution in [0.4, 0.5) is 4.79 Å². The standard InChI is InChI=1S/C11H16N4O6/c1-5-3-14(11(19)13-9(5)17)8-2-6(16)7(21-8)4-15(20)10(12)18/h3,6-8,16,20H,2,4H2,1H3,(H2,12,18)(H,13,17,19)/t6-,7+,8+/m0/s1. The summed E-state index contributed by atoms with van der Waals surface area (Å²) in [6.45, 7) is 1.20. The number of nitrogens with two attached hydrogens (primary N) is 1. The largest absolute Gasteiger partial charge is 0.390 e. The van der Waals surface area contributed by atoms with Gasteiger partial charge in [-0.3, -0.25) is 19.6 Å². The maximum absolute atomic E-state index is 11.7. The van der Waals surface area contributed by atoms with Crippen molar-refractivity contribution in [2.75, 3.05) is 6.54 Å². The summed E-state index contributed by atoms with van der Waals surface area (Å²) in [4.78, 5) is 35.9. The van der Waals surface area contributed by atoms with Crippen LogP contribution in [0.2, 0.25) is 0 Å². The third kappa shape index (κ3) is 3.12. The summed E-state index contributed by atoms with van der Waals surface area (Å²) in [6, 6.07) is -1.08. The van der Waals surface area contributed by atoms with E-state index in [2.05, 4.69) is 4.98 Å². The number of carbonyl (C=O) groups excluding carboxylic acids is 1. The van der Waals surface area contributed by atoms with E-state index in [0.29, 0.717) is 5.56 Å². The molecule has 2 rings (SSSR count). The van der Waals surface area contributed by atoms with Gasteiger partial charge in [-0.15, -0.1) is 0 Å². The van der Waals surface area contributed by atoms with Gasteiger partial charge in [-0.05, 0) is 6.92 Å². The van der Waals surface area contributed by atoms with Crippen LogP contribution in [0, 0.1) is 6.92 Å². The second-order valence-electron chi connectivity index (χ2n) is 4.83. The Kier molecular flexibility index (Phi) is 4.11. The van der Waals surface area contributed by atoms with Gasteiger partial charge in [0.1, 0.15) is 12.3 Å². The number of hydrogen-bond donors (Lipinski definition) is 4. The molecule has 0 saturated carbocycles. The molecule has 0 radical (unpaired) electrons. The quantitative estimate of drug-likeness (QED) is 0.384. The van der Waals surface area contributed by atoms with Crippen LogP contribution in [0.25, 0.3) is 0 Å². The molecule has 1 aromatic heterocycles. The number of ether oxygens (including phenoxy) is 1. The van der Waals surface area contributed by atoms with Gasteiger partial charge in [0.25, 0.3) is 5.56 Å². The first-order valence-corrected chi connectivity index (χ1v) is 6.21. The fourth-order valence-corrected chi connectivity index (χ4v) is 2.11. The van der Waals surface area contributed by atoms with Gasteiger partial charge >= 0.3 is 11.7 Å². The molecule has 0 bridgehead atoms. The number of primary amides is 1. The minimum atomic E-state index is -1.08. The molecule has 0 aromatic carbocycles. The smallest absolute Gasteiger partial charge is 0.338 e. The molecule has 1 aliphatic rings. The van der Waals surface area contributed by atoms with Gasteiger partial charge in [-0.1, -0.05) is 0 Å². The number of hydrogen-bond acceptors (Lipinski definition) is 6. The average Bonchev–Trinajstić information content (AvgIpc) is 2.75. The molecule has 1 saturated heterocycles. The van der Waals surface area contributed by atoms with Gasteiger partial charge in [0.15, 0.2) is 0 Å². The number of nitrogens with one attached hydrogen (secondary N) is 1. The van der Waals surface area contributed by atoms with E-state index in [-0.39, 0.29) is 18.0 Å². The predicted molar refractivity (Wildman–Crippen MR) is 68.7 cm³/mol. The molecule has 0 aliphatic carbocycles. The third-order valence-corrected chi connectivity index (χ3v) is 3.27. The lowest BCUT2D eigenvalue weighted by atomic mass is 10.2. The Hall–Kier alpha value is -2.17. The van der Waals surface area contributed by atoms with Crippen molar-refractivity contribution in [1.82, 2.24) is 14.6 Å². The van der Waals surface area contributed by atoms with Crippen molar-refractivity contribution in [3.63, 3.8) is 0 Å². The number of carbonyl (C=O) groups is 1. The van der Waals surface area contributed by atoms with Gasteiger partial charge in [-0.2, -0.15) is 0 Å². The molecule has 21 heavy (non-hydrogen) atoms. The molecule has 2 amide bonds. The molecular formula is C11H16N4O6. The van der Waals surface area contributed by atoms with Gasteiger partial charge in [0.05, 0.1) is 12.6 Å². The number of aromatic amines is 1. The first kappa shape index (κ1) is 15.2. The maximum atomic E-state index is 11.7. The molecule has 3 atom stereocenters. The average molecular weight is 300 g/mol. The van der Waals surface area contributed by atoms with Crippen molar-refractivity contribution in [2.24, 2.45) is 5.73 Å². The summed E-state index contributed by atoms with van der Waals surface area (Å²) in [5.74, 6) is 0. The normalized spacial score (nSPS) is 25.0. The molecule has 2 heterocycles. The highest BCUT2D eigenvalue weighted by molar-refractivity contribution is 5.70. The second-order valence-corrected chi connectivity index (χ2v) is 4.83. The lowest BCUT2D eigenvalue weighted by Gasteiger charge is -2.20. The number of aryl methyl sites for hydroxylation is 1. The van der Waals surface area contributed by atoms with E-state index in [0.717, 1.165) is 4.57 Å². The van der Waals surface area contributed by atoms with Crippen LogP contribution in [-0.4, -0.2) is 49.7 Å². The zero-order chi connectivity index (χ0) is 15.7. The number of rotatable bonds is 3. The summed E-state index contributed by atoms with van der Waals surface area (Å²) in [6.07, 6.45) is -1.31. The summed E-state index contributed by atoms with van der Waals surface area (Å²) < 4.78 is 6.58. The van der Waals surface area contributed by atoms with Crippen LogP contribution < -0.4 is 17.0 Å². The van der Waals surface area contributed by atoms with Gasteiger partial charge in [0.2, 0.25) is 0 Å². The molecule has 116 valence electrons. The number of H-pyrrole nitrogens is 1. The van der Waals surface area contributed by atoms with Crippen LogP contribution in [0.3, 0.4) is 0 Å². The fraction of sp³-hybridized carbons (Fsp3) is 0.545. The van der Waals surface area contributed by atoms with E-state index in [1.54, 1.807) is 0 Å². The molecule has 0 spiro atoms. The highest BCUT2D eigenvalue weighted by Crippen LogP contribution is 2.27. The molecule has 1 fully saturated rings. The Balaban J connectivity index is 2.18. The zero-order valence-corrected chi connectivity index (χ0v) is 11.2. The lowest BCUT2D eigenvalue weighted by Crippen LogP contribution is -2.41. The number of amides is 2. The second kappa shape index (κ2) is 5.68. The topological polar surface area (TPSA) is 151 Å². The molecule has 5 N–H and O–H groups in total. The van der Waals surface area contributed by atoms with Gasteiger partial charge < -0.3 is 15.6 Å². The van der Waals surface area contributed by atoms with Crippen molar-refractivity contribution in [1.29, 1.82) is 0 Å². The Morgan fingerprint density at radius 1 is 1.62 bits per heavy atom. The maximum Gasteiger partial charge on any atom is 0.338 e. The van der Waals surface area contributed by atoms with Crippen molar-refractivity contribution in [2.45, 2.75) is 31.8 Å². The van der Waals surface area contributed by atoms with Crippen LogP contribution in [0.15, 0.2) is 15.8 Å². The highest BCUT2D eigenvalue weighted by Gasteiger charge is 2.37. The Morgan fingerprint density at radius 2 is 2.29 bits per heavy atom. The van der Waals surface area contributed by atoms with E-state index in [1.165, 1.54) is 13.1 Å². The number of aliphatic hydroxyl groups is 1. The van der Waals surface area contributed by atoms with Crippen LogP contribution in [0.5, 0.6) is 0 Å². The first-order valence-electron chi connectivity index (χ1n) is 6.21. The molecule has 10 heteroatoms. The summed E-state index contributed by atoms with van der Waals surface area (Å²) >= 11 is 0. The first-order chi connectivity index (χ1) is 9.79. The van der Waals surface area contributed by atoms with E-state index in [1.807, 2.05) is 0 Å². The molecule has 1 aliphatic heterocycles. The van der Waals surface area contributed by atoms with E-state index < -0.39 is 35.7 Å². The molecule has 1 aromatic rings. The molecule has 10 nitrogen and oxygen atoms in total. The van der Waals surface area contributed by atoms with Crippen molar-refractivity contribution >= 4 is 6.03 Å². The number of aromatic nitrogens is 2. The number of hydroxylamine groups is 2. The van der Waals surface area contributed by atoms with Crippen molar-refractivity contribution in [3.8, 4) is 0 Å². The highest BCUT2D eigenvalue weighted by atomic mass is 16.6. The number of nitrogens with zero attached hydrogens (tertiary/aromatic N) is 2. The minimum absolute atomic E-state index is 0.0721. The Morgan fingerprint density at radius 3 is 2.90 bits per heavy atom. The van der Waals surface area contributed by atoms with Crippen LogP contribution in [0.1, 0.15) is 18.2 Å². The minimum Gasteiger partial charge on any atom is -0.390 e. The van der Waals surface area contributed by atoms with Crippen LogP contribution in [-0.2, 0) is 4.74 Å². The van der Waals surface area contributed by atoms with E-state index in [9.17, 15) is 24.7 Å². The van der Waals surface area contributed by atoms with Crippen molar-refractivity contribution < 1.29 is 19.8 Å². The lowest BCUT2D eigenvalue weighted by molar-refractivity contribution is -0.101. The summed E-state index contributed by atoms with van der Waals surface area (Å²) in [5.41, 5.74) is 4.02. The number of urea groups is 1. The summed E-state index contributed by atoms with van der Waals surface area (Å²) in [7, 11) is 0. The predicted octanol–water partition coefficient (Wildman–Crippen LogP) is -1.74. The van der Waals surface area contributed by atoms with Gasteiger partial charge in [-0.25, -0.2) is 14.7 Å².